The van der Waals surface area contributed by atoms with Crippen LogP contribution in [0.2, 0.25) is 0 Å². The molecule has 1 aliphatic heterocycles. The Kier molecular flexibility index (Phi) is 24.3. The molecular weight excluding hydrogens is 802 g/mol. The molecule has 5 atom stereocenters. The van der Waals surface area contributed by atoms with Crippen LogP contribution in [0.1, 0.15) is 77.0 Å². The van der Waals surface area contributed by atoms with Gasteiger partial charge in [-0.2, -0.15) is 0 Å². The van der Waals surface area contributed by atoms with E-state index >= 15 is 0 Å². The van der Waals surface area contributed by atoms with Gasteiger partial charge in [0, 0.05) is 31.4 Å². The number of ether oxygens (including phenoxy) is 2. The van der Waals surface area contributed by atoms with Crippen LogP contribution < -0.4 is 16.5 Å². The Morgan fingerprint density at radius 2 is 1.43 bits per heavy atom. The van der Waals surface area contributed by atoms with Gasteiger partial charge >= 0.3 is 26.9 Å². The lowest BCUT2D eigenvalue weighted by molar-refractivity contribution is -0.142. The van der Waals surface area contributed by atoms with Gasteiger partial charge < -0.3 is 58.8 Å². The molecule has 3 rings (SSSR count). The van der Waals surface area contributed by atoms with Crippen LogP contribution in [-0.2, 0) is 46.4 Å². The minimum Gasteiger partial charge on any atom is -0.466 e. The van der Waals surface area contributed by atoms with E-state index in [2.05, 4.69) is 66.3 Å². The van der Waals surface area contributed by atoms with E-state index in [9.17, 15) is 38.6 Å². The van der Waals surface area contributed by atoms with Crippen molar-refractivity contribution in [2.75, 3.05) is 64.9 Å². The van der Waals surface area contributed by atoms with Gasteiger partial charge in [0.25, 0.3) is 5.91 Å². The normalized spacial score (nSPS) is 19.1. The summed E-state index contributed by atoms with van der Waals surface area (Å²) in [7, 11) is -8.26. The highest BCUT2D eigenvalue weighted by atomic mass is 31.2. The molecule has 0 aliphatic carbocycles. The summed E-state index contributed by atoms with van der Waals surface area (Å²) in [6.07, 6.45) is -4.90. The van der Waals surface area contributed by atoms with Gasteiger partial charge in [0.2, 0.25) is 0 Å². The molecular formula is C36H64N6O14P2. The quantitative estimate of drug-likeness (QED) is 0.0627. The third-order valence-corrected chi connectivity index (χ3v) is 12.3. The first-order valence-corrected chi connectivity index (χ1v) is 22.8. The van der Waals surface area contributed by atoms with Gasteiger partial charge in [0.15, 0.2) is 17.6 Å². The number of amides is 1. The molecule has 1 amide bonds. The molecule has 1 aliphatic rings. The van der Waals surface area contributed by atoms with Crippen molar-refractivity contribution >= 4 is 27.1 Å². The molecule has 0 bridgehead atoms. The smallest absolute Gasteiger partial charge is 0.340 e. The molecule has 332 valence electrons. The average molecular weight is 867 g/mol. The third kappa shape index (κ3) is 18.8. The van der Waals surface area contributed by atoms with Crippen LogP contribution in [-0.4, -0.2) is 139 Å². The first kappa shape index (κ1) is 52.8. The fraction of sp³-hybridized carbons (Fsp3) is 0.667. The Morgan fingerprint density at radius 3 is 1.91 bits per heavy atom. The first-order valence-electron chi connectivity index (χ1n) is 19.3. The summed E-state index contributed by atoms with van der Waals surface area (Å²) in [5.41, 5.74) is 0.368. The number of aliphatic hydroxyl groups is 2. The number of nitrogens with one attached hydrogen (secondary N) is 1. The van der Waals surface area contributed by atoms with E-state index in [4.69, 9.17) is 24.1 Å². The molecule has 22 heteroatoms. The second-order valence-corrected chi connectivity index (χ2v) is 16.8. The predicted molar refractivity (Wildman–Crippen MR) is 216 cm³/mol. The minimum atomic E-state index is -4.88. The molecule has 1 unspecified atom stereocenters. The van der Waals surface area contributed by atoms with E-state index in [1.54, 1.807) is 31.2 Å². The van der Waals surface area contributed by atoms with Gasteiger partial charge in [-0.25, -0.2) is 4.79 Å². The highest BCUT2D eigenvalue weighted by Gasteiger charge is 2.45. The molecule has 1 saturated heterocycles. The van der Waals surface area contributed by atoms with E-state index in [1.807, 2.05) is 0 Å². The van der Waals surface area contributed by atoms with Crippen LogP contribution in [0, 0.1) is 0 Å². The fourth-order valence-corrected chi connectivity index (χ4v) is 7.89. The molecule has 6 N–H and O–H groups in total. The molecule has 0 spiro atoms. The second-order valence-electron chi connectivity index (χ2n) is 12.8. The Morgan fingerprint density at radius 1 is 0.879 bits per heavy atom. The summed E-state index contributed by atoms with van der Waals surface area (Å²) < 4.78 is 39.8. The van der Waals surface area contributed by atoms with Crippen LogP contribution in [0.25, 0.3) is 0 Å². The minimum absolute atomic E-state index is 0.0110. The summed E-state index contributed by atoms with van der Waals surface area (Å²) >= 11 is 0. The molecule has 0 saturated carbocycles. The van der Waals surface area contributed by atoms with Crippen LogP contribution in [0.4, 0.5) is 0 Å². The third-order valence-electron chi connectivity index (χ3n) is 8.86. The SMILES string of the molecule is CCN(CC)CC.CCN(CC)CC.CCOC(=O)CCNC(=O)c1ccc(CO/N=c2/ccn([C@@H]3O[C@H](COP(=O)(O)CP(=O)(O)O)[C@@H](O)[C@H]3O)c(=O)n2C)cc1. The lowest BCUT2D eigenvalue weighted by Gasteiger charge is -2.19. The van der Waals surface area contributed by atoms with E-state index < -0.39 is 63.9 Å². The van der Waals surface area contributed by atoms with Crippen molar-refractivity contribution in [3.05, 3.63) is 63.6 Å². The summed E-state index contributed by atoms with van der Waals surface area (Å²) in [6, 6.07) is 7.77. The number of carbonyl (C=O) groups excluding carboxylic acids is 2. The van der Waals surface area contributed by atoms with Gasteiger partial charge in [-0.05, 0) is 63.9 Å². The van der Waals surface area contributed by atoms with Crippen molar-refractivity contribution in [2.24, 2.45) is 12.2 Å². The molecule has 2 aromatic rings. The molecule has 20 nitrogen and oxygen atoms in total. The number of carbonyl (C=O) groups is 2. The van der Waals surface area contributed by atoms with Crippen LogP contribution in [0.5, 0.6) is 0 Å². The van der Waals surface area contributed by atoms with Crippen molar-refractivity contribution in [3.8, 4) is 0 Å². The predicted octanol–water partition coefficient (Wildman–Crippen LogP) is 1.55. The van der Waals surface area contributed by atoms with E-state index in [0.29, 0.717) is 11.1 Å². The molecule has 58 heavy (non-hydrogen) atoms. The monoisotopic (exact) mass is 866 g/mol. The zero-order valence-electron chi connectivity index (χ0n) is 34.8. The van der Waals surface area contributed by atoms with E-state index in [-0.39, 0.29) is 37.6 Å². The van der Waals surface area contributed by atoms with Gasteiger partial charge in [0.05, 0.1) is 19.6 Å². The molecule has 2 heterocycles. The first-order chi connectivity index (χ1) is 27.3. The zero-order chi connectivity index (χ0) is 44.1. The highest BCUT2D eigenvalue weighted by Crippen LogP contribution is 2.55. The topological polar surface area (TPSA) is 264 Å². The van der Waals surface area contributed by atoms with Crippen molar-refractivity contribution in [2.45, 2.75) is 86.0 Å². The van der Waals surface area contributed by atoms with Gasteiger partial charge in [-0.15, -0.1) is 0 Å². The number of hydrogen-bond donors (Lipinski definition) is 6. The van der Waals surface area contributed by atoms with Crippen molar-refractivity contribution in [3.63, 3.8) is 0 Å². The maximum absolute atomic E-state index is 13.0. The van der Waals surface area contributed by atoms with Crippen LogP contribution >= 0.6 is 15.2 Å². The Balaban J connectivity index is 0.00000102. The summed E-state index contributed by atoms with van der Waals surface area (Å²) in [6.45, 7) is 21.5. The number of benzene rings is 1. The van der Waals surface area contributed by atoms with Crippen molar-refractivity contribution in [1.82, 2.24) is 24.3 Å². The number of aliphatic hydroxyl groups excluding tert-OH is 2. The largest absolute Gasteiger partial charge is 0.466 e. The number of aromatic nitrogens is 2. The number of esters is 1. The lowest BCUT2D eigenvalue weighted by atomic mass is 10.1. The van der Waals surface area contributed by atoms with Crippen LogP contribution in [0.3, 0.4) is 0 Å². The van der Waals surface area contributed by atoms with Crippen molar-refractivity contribution in [1.29, 1.82) is 0 Å². The Hall–Kier alpha value is -3.26. The molecule has 0 radical (unpaired) electrons. The molecule has 1 aromatic heterocycles. The second kappa shape index (κ2) is 26.8. The Labute approximate surface area is 340 Å². The van der Waals surface area contributed by atoms with Crippen molar-refractivity contribution < 1.29 is 62.4 Å². The van der Waals surface area contributed by atoms with Gasteiger partial charge in [0.1, 0.15) is 24.9 Å². The summed E-state index contributed by atoms with van der Waals surface area (Å²) in [5, 5.41) is 27.3. The number of nitrogens with zero attached hydrogens (tertiary/aromatic N) is 5. The van der Waals surface area contributed by atoms with Crippen LogP contribution in [0.15, 0.2) is 46.5 Å². The molecule has 1 fully saturated rings. The summed E-state index contributed by atoms with van der Waals surface area (Å²) in [5.74, 6) is -2.22. The maximum Gasteiger partial charge on any atom is 0.340 e. The molecule has 1 aromatic carbocycles. The van der Waals surface area contributed by atoms with Gasteiger partial charge in [-0.3, -0.25) is 27.9 Å². The lowest BCUT2D eigenvalue weighted by Crippen LogP contribution is -2.42. The average Bonchev–Trinajstić information content (AvgIpc) is 3.46. The summed E-state index contributed by atoms with van der Waals surface area (Å²) in [4.78, 5) is 74.0. The maximum atomic E-state index is 13.0. The van der Waals surface area contributed by atoms with E-state index in [1.165, 1.54) is 58.6 Å². The highest BCUT2D eigenvalue weighted by molar-refractivity contribution is 7.70. The standard InChI is InChI=1S/C24H34N4O14P2.2C6H15N/c1-3-39-19(29)8-10-25-22(32)16-6-4-15(5-7-16)12-40-26-18-9-11-28(24(33)27(18)2)23-21(31)20(30)17(42-23)13-41-44(37,38)14-43(34,35)36;2*1-4-7(5-2)6-3/h4-7,9,11,17,20-21,23,30-31H,3,8,10,12-14H2,1-2H3,(H,25,32)(H,37,38)(H2,34,35,36);2*4-6H2,1-3H3/b26-18-;;/t17-,20-,21-,23-;;/m1../s1. The van der Waals surface area contributed by atoms with Gasteiger partial charge in [-0.1, -0.05) is 58.8 Å². The number of rotatable bonds is 20. The van der Waals surface area contributed by atoms with E-state index in [0.717, 1.165) is 9.13 Å². The fourth-order valence-electron chi connectivity index (χ4n) is 5.32. The zero-order valence-corrected chi connectivity index (χ0v) is 36.6. The Bertz CT molecular complexity index is 1720. The number of hydrogen-bond acceptors (Lipinski definition) is 14.